The number of hydrogen-bond donors (Lipinski definition) is 4. The van der Waals surface area contributed by atoms with Crippen LogP contribution in [0.5, 0.6) is 0 Å². The molecule has 0 aliphatic heterocycles. The molecule has 0 bridgehead atoms. The van der Waals surface area contributed by atoms with Crippen molar-refractivity contribution < 1.29 is 19.1 Å². The Balaban J connectivity index is 1.98. The molecule has 242 valence electrons. The maximum absolute atomic E-state index is 12.3. The van der Waals surface area contributed by atoms with Gasteiger partial charge in [-0.1, -0.05) is 61.4 Å². The van der Waals surface area contributed by atoms with Crippen molar-refractivity contribution in [1.82, 2.24) is 0 Å². The van der Waals surface area contributed by atoms with E-state index in [0.717, 1.165) is 48.2 Å². The Bertz CT molecular complexity index is 1120. The quantitative estimate of drug-likeness (QED) is 0.0939. The minimum absolute atomic E-state index is 0.151. The summed E-state index contributed by atoms with van der Waals surface area (Å²) >= 11 is 0. The molecule has 2 atom stereocenters. The maximum Gasteiger partial charge on any atom is 0.322 e. The Kier molecular flexibility index (Phi) is 17.5. The molecule has 0 fully saturated rings. The molecule has 8 N–H and O–H groups in total. The Morgan fingerprint density at radius 1 is 0.682 bits per heavy atom. The second kappa shape index (κ2) is 21.1. The van der Waals surface area contributed by atoms with Crippen LogP contribution in [0.25, 0.3) is 12.2 Å². The van der Waals surface area contributed by atoms with Gasteiger partial charge in [-0.25, -0.2) is 0 Å². The van der Waals surface area contributed by atoms with Crippen LogP contribution in [0.2, 0.25) is 0 Å². The van der Waals surface area contributed by atoms with Gasteiger partial charge >= 0.3 is 11.9 Å². The van der Waals surface area contributed by atoms with Crippen molar-refractivity contribution in [2.24, 2.45) is 22.9 Å². The SMILES string of the molecule is CN(C)c1ccc(/C=C/C=C/c2ccc(N(CCOC(=O)C(N)CCCCN)CCOC(=O)C(N)CCCCN)cc2)cc1. The zero-order valence-corrected chi connectivity index (χ0v) is 26.4. The van der Waals surface area contributed by atoms with Crippen LogP contribution < -0.4 is 32.7 Å². The van der Waals surface area contributed by atoms with Crippen molar-refractivity contribution in [3.63, 3.8) is 0 Å². The van der Waals surface area contributed by atoms with E-state index in [1.54, 1.807) is 0 Å². The van der Waals surface area contributed by atoms with Gasteiger partial charge in [-0.2, -0.15) is 0 Å². The normalized spacial score (nSPS) is 12.8. The molecule has 44 heavy (non-hydrogen) atoms. The number of esters is 2. The van der Waals surface area contributed by atoms with E-state index in [1.165, 1.54) is 0 Å². The third-order valence-corrected chi connectivity index (χ3v) is 7.11. The number of anilines is 2. The Morgan fingerprint density at radius 2 is 1.09 bits per heavy atom. The highest BCUT2D eigenvalue weighted by Gasteiger charge is 2.17. The lowest BCUT2D eigenvalue weighted by Crippen LogP contribution is -2.37. The fraction of sp³-hybridized carbons (Fsp3) is 0.471. The van der Waals surface area contributed by atoms with Crippen molar-refractivity contribution in [3.8, 4) is 0 Å². The number of allylic oxidation sites excluding steroid dienone is 2. The first-order chi connectivity index (χ1) is 21.2. The number of unbranched alkanes of at least 4 members (excludes halogenated alkanes) is 2. The summed E-state index contributed by atoms with van der Waals surface area (Å²) in [5, 5.41) is 0. The van der Waals surface area contributed by atoms with E-state index in [-0.39, 0.29) is 13.2 Å². The molecule has 0 spiro atoms. The van der Waals surface area contributed by atoms with Crippen LogP contribution in [0, 0.1) is 0 Å². The standard InChI is InChI=1S/C34H52N6O4/c1-39(2)29-17-13-27(14-18-29)9-3-4-10-28-15-19-30(20-16-28)40(23-25-43-33(41)31(37)11-5-7-21-35)24-26-44-34(42)32(38)12-6-8-22-36/h3-4,9-10,13-20,31-32H,5-8,11-12,21-26,35-38H2,1-2H3/b9-3+,10-4+. The van der Waals surface area contributed by atoms with E-state index in [1.807, 2.05) is 61.5 Å². The maximum atomic E-state index is 12.3. The number of hydrogen-bond acceptors (Lipinski definition) is 10. The van der Waals surface area contributed by atoms with Gasteiger partial charge in [0.15, 0.2) is 0 Å². The summed E-state index contributed by atoms with van der Waals surface area (Å²) in [7, 11) is 4.04. The van der Waals surface area contributed by atoms with Crippen LogP contribution in [-0.4, -0.2) is 77.5 Å². The van der Waals surface area contributed by atoms with Crippen molar-refractivity contribution in [2.45, 2.75) is 50.6 Å². The molecule has 0 saturated heterocycles. The number of ether oxygens (including phenoxy) is 2. The summed E-state index contributed by atoms with van der Waals surface area (Å²) in [4.78, 5) is 28.8. The molecule has 2 aromatic rings. The number of nitrogens with zero attached hydrogens (tertiary/aromatic N) is 2. The predicted octanol–water partition coefficient (Wildman–Crippen LogP) is 3.28. The average Bonchev–Trinajstić information content (AvgIpc) is 3.02. The number of carbonyl (C=O) groups is 2. The van der Waals surface area contributed by atoms with Crippen LogP contribution >= 0.6 is 0 Å². The van der Waals surface area contributed by atoms with Gasteiger partial charge in [0, 0.05) is 25.5 Å². The molecule has 0 aliphatic rings. The topological polar surface area (TPSA) is 163 Å². The molecule has 0 saturated carbocycles. The van der Waals surface area contributed by atoms with Crippen LogP contribution in [-0.2, 0) is 19.1 Å². The second-order valence-corrected chi connectivity index (χ2v) is 10.9. The fourth-order valence-electron chi connectivity index (χ4n) is 4.36. The van der Waals surface area contributed by atoms with E-state index < -0.39 is 24.0 Å². The summed E-state index contributed by atoms with van der Waals surface area (Å²) in [5.74, 6) is -0.863. The van der Waals surface area contributed by atoms with E-state index in [4.69, 9.17) is 32.4 Å². The molecule has 10 nitrogen and oxygen atoms in total. The molecular weight excluding hydrogens is 556 g/mol. The van der Waals surface area contributed by atoms with Gasteiger partial charge in [0.05, 0.1) is 13.1 Å². The highest BCUT2D eigenvalue weighted by atomic mass is 16.5. The molecule has 0 aliphatic carbocycles. The zero-order chi connectivity index (χ0) is 32.2. The van der Waals surface area contributed by atoms with Crippen LogP contribution in [0.3, 0.4) is 0 Å². The zero-order valence-electron chi connectivity index (χ0n) is 26.4. The number of rotatable bonds is 21. The number of carbonyl (C=O) groups excluding carboxylic acids is 2. The van der Waals surface area contributed by atoms with Crippen molar-refractivity contribution in [1.29, 1.82) is 0 Å². The second-order valence-electron chi connectivity index (χ2n) is 10.9. The summed E-state index contributed by atoms with van der Waals surface area (Å²) in [6.07, 6.45) is 12.4. The minimum atomic E-state index is -0.672. The molecule has 0 aromatic heterocycles. The highest BCUT2D eigenvalue weighted by molar-refractivity contribution is 5.76. The Labute approximate surface area is 263 Å². The van der Waals surface area contributed by atoms with Gasteiger partial charge in [-0.3, -0.25) is 9.59 Å². The lowest BCUT2D eigenvalue weighted by Gasteiger charge is -2.25. The van der Waals surface area contributed by atoms with Crippen LogP contribution in [0.4, 0.5) is 11.4 Å². The molecule has 2 aromatic carbocycles. The lowest BCUT2D eigenvalue weighted by molar-refractivity contribution is -0.145. The van der Waals surface area contributed by atoms with Gasteiger partial charge in [-0.05, 0) is 74.2 Å². The van der Waals surface area contributed by atoms with Crippen LogP contribution in [0.15, 0.2) is 60.7 Å². The summed E-state index contributed by atoms with van der Waals surface area (Å²) in [5.41, 5.74) is 27.2. The van der Waals surface area contributed by atoms with E-state index in [2.05, 4.69) is 35.2 Å². The van der Waals surface area contributed by atoms with E-state index >= 15 is 0 Å². The predicted molar refractivity (Wildman–Crippen MR) is 181 cm³/mol. The van der Waals surface area contributed by atoms with Gasteiger partial charge in [0.2, 0.25) is 0 Å². The summed E-state index contributed by atoms with van der Waals surface area (Å²) < 4.78 is 10.9. The first kappa shape index (κ1) is 36.5. The van der Waals surface area contributed by atoms with E-state index in [9.17, 15) is 9.59 Å². The van der Waals surface area contributed by atoms with Gasteiger partial charge in [0.1, 0.15) is 25.3 Å². The lowest BCUT2D eigenvalue weighted by atomic mass is 10.1. The van der Waals surface area contributed by atoms with Crippen molar-refractivity contribution >= 4 is 35.5 Å². The highest BCUT2D eigenvalue weighted by Crippen LogP contribution is 2.17. The molecule has 2 rings (SSSR count). The van der Waals surface area contributed by atoms with Crippen molar-refractivity contribution in [2.75, 3.05) is 63.3 Å². The minimum Gasteiger partial charge on any atom is -0.463 e. The molecule has 0 amide bonds. The van der Waals surface area contributed by atoms with Crippen molar-refractivity contribution in [3.05, 3.63) is 71.8 Å². The smallest absolute Gasteiger partial charge is 0.322 e. The third kappa shape index (κ3) is 14.2. The van der Waals surface area contributed by atoms with E-state index in [0.29, 0.717) is 39.0 Å². The molecule has 2 unspecified atom stereocenters. The van der Waals surface area contributed by atoms with Gasteiger partial charge in [0.25, 0.3) is 0 Å². The van der Waals surface area contributed by atoms with Gasteiger partial charge < -0.3 is 42.2 Å². The largest absolute Gasteiger partial charge is 0.463 e. The molecule has 10 heteroatoms. The van der Waals surface area contributed by atoms with Gasteiger partial charge in [-0.15, -0.1) is 0 Å². The summed E-state index contributed by atoms with van der Waals surface area (Å²) in [6.45, 7) is 2.25. The first-order valence-electron chi connectivity index (χ1n) is 15.5. The molecule has 0 heterocycles. The van der Waals surface area contributed by atoms with Crippen LogP contribution in [0.1, 0.15) is 49.7 Å². The third-order valence-electron chi connectivity index (χ3n) is 7.11. The monoisotopic (exact) mass is 608 g/mol. The molecular formula is C34H52N6O4. The average molecular weight is 609 g/mol. The molecule has 0 radical (unpaired) electrons. The first-order valence-corrected chi connectivity index (χ1v) is 15.5. The fourth-order valence-corrected chi connectivity index (χ4v) is 4.36. The summed E-state index contributed by atoms with van der Waals surface area (Å²) in [6, 6.07) is 15.0. The Hall–Kier alpha value is -3.70. The Morgan fingerprint density at radius 3 is 1.48 bits per heavy atom. The number of benzene rings is 2. The number of nitrogens with two attached hydrogens (primary N) is 4.